The van der Waals surface area contributed by atoms with Gasteiger partial charge in [-0.3, -0.25) is 0 Å². The summed E-state index contributed by atoms with van der Waals surface area (Å²) in [6.45, 7) is 3.68. The van der Waals surface area contributed by atoms with Gasteiger partial charge in [0.2, 0.25) is 0 Å². The number of aliphatic carboxylic acids is 2. The second kappa shape index (κ2) is 9.49. The number of aromatic amines is 1. The first kappa shape index (κ1) is 20.1. The number of para-hydroxylation sites is 1. The number of nitrogens with one attached hydrogen (secondary N) is 2. The molecule has 1 aromatic heterocycles. The molecule has 0 saturated heterocycles. The van der Waals surface area contributed by atoms with E-state index in [2.05, 4.69) is 35.4 Å². The minimum absolute atomic E-state index is 0.179. The predicted octanol–water partition coefficient (Wildman–Crippen LogP) is 3.10. The van der Waals surface area contributed by atoms with Crippen LogP contribution in [-0.2, 0) is 22.6 Å². The van der Waals surface area contributed by atoms with Gasteiger partial charge in [-0.25, -0.2) is 14.0 Å². The predicted molar refractivity (Wildman–Crippen MR) is 100 cm³/mol. The Morgan fingerprint density at radius 3 is 2.44 bits per heavy atom. The summed E-state index contributed by atoms with van der Waals surface area (Å²) in [6, 6.07) is 15.1. The number of benzene rings is 2. The fourth-order valence-corrected chi connectivity index (χ4v) is 2.75. The molecule has 0 spiro atoms. The summed E-state index contributed by atoms with van der Waals surface area (Å²) in [6.07, 6.45) is 0.963. The Bertz CT molecular complexity index is 925. The van der Waals surface area contributed by atoms with Gasteiger partial charge in [-0.15, -0.1) is 0 Å². The zero-order chi connectivity index (χ0) is 19.8. The number of hydrogen-bond acceptors (Lipinski definition) is 3. The maximum Gasteiger partial charge on any atom is 0.414 e. The Hall–Kier alpha value is -3.19. The molecule has 3 rings (SSSR count). The maximum absolute atomic E-state index is 13.1. The van der Waals surface area contributed by atoms with E-state index in [0.717, 1.165) is 18.5 Å². The third-order valence-corrected chi connectivity index (χ3v) is 3.98. The highest BCUT2D eigenvalue weighted by molar-refractivity contribution is 6.27. The second-order valence-corrected chi connectivity index (χ2v) is 5.94. The lowest BCUT2D eigenvalue weighted by atomic mass is 10.1. The van der Waals surface area contributed by atoms with Crippen molar-refractivity contribution in [1.29, 1.82) is 0 Å². The molecule has 142 valence electrons. The lowest BCUT2D eigenvalue weighted by Crippen LogP contribution is -2.17. The Morgan fingerprint density at radius 2 is 1.78 bits per heavy atom. The molecule has 0 aliphatic carbocycles. The summed E-state index contributed by atoms with van der Waals surface area (Å²) in [5.74, 6) is -3.83. The number of halogens is 1. The van der Waals surface area contributed by atoms with Crippen molar-refractivity contribution in [3.05, 3.63) is 71.2 Å². The first-order valence-corrected chi connectivity index (χ1v) is 8.36. The van der Waals surface area contributed by atoms with Crippen molar-refractivity contribution in [2.24, 2.45) is 0 Å². The van der Waals surface area contributed by atoms with Gasteiger partial charge >= 0.3 is 11.9 Å². The van der Waals surface area contributed by atoms with E-state index in [4.69, 9.17) is 19.8 Å². The minimum atomic E-state index is -1.82. The SMILES string of the molecule is Cc1[nH]c2ccccc2c1CCNCc1cccc(F)c1.O=C(O)C(=O)O. The highest BCUT2D eigenvalue weighted by Gasteiger charge is 2.07. The molecule has 2 aromatic carbocycles. The zero-order valence-corrected chi connectivity index (χ0v) is 14.8. The average molecular weight is 372 g/mol. The van der Waals surface area contributed by atoms with Gasteiger partial charge in [-0.1, -0.05) is 30.3 Å². The van der Waals surface area contributed by atoms with Crippen molar-refractivity contribution >= 4 is 22.8 Å². The van der Waals surface area contributed by atoms with Crippen LogP contribution in [0.5, 0.6) is 0 Å². The number of aromatic nitrogens is 1. The average Bonchev–Trinajstić information content (AvgIpc) is 2.94. The lowest BCUT2D eigenvalue weighted by molar-refractivity contribution is -0.159. The molecule has 4 N–H and O–H groups in total. The van der Waals surface area contributed by atoms with Gasteiger partial charge < -0.3 is 20.5 Å². The van der Waals surface area contributed by atoms with Gasteiger partial charge in [0.1, 0.15) is 5.82 Å². The lowest BCUT2D eigenvalue weighted by Gasteiger charge is -2.06. The van der Waals surface area contributed by atoms with Gasteiger partial charge in [0.15, 0.2) is 0 Å². The van der Waals surface area contributed by atoms with E-state index in [1.807, 2.05) is 12.1 Å². The Labute approximate surface area is 155 Å². The first-order chi connectivity index (χ1) is 12.9. The normalized spacial score (nSPS) is 10.3. The fraction of sp³-hybridized carbons (Fsp3) is 0.200. The molecule has 3 aromatic rings. The molecule has 0 aliphatic rings. The third-order valence-electron chi connectivity index (χ3n) is 3.98. The summed E-state index contributed by atoms with van der Waals surface area (Å²) in [7, 11) is 0. The van der Waals surface area contributed by atoms with E-state index in [0.29, 0.717) is 6.54 Å². The van der Waals surface area contributed by atoms with Crippen LogP contribution in [0.15, 0.2) is 48.5 Å². The molecular weight excluding hydrogens is 351 g/mol. The number of hydrogen-bond donors (Lipinski definition) is 4. The largest absolute Gasteiger partial charge is 0.473 e. The van der Waals surface area contributed by atoms with Crippen LogP contribution >= 0.6 is 0 Å². The number of carboxylic acid groups (broad SMARTS) is 2. The Kier molecular flexibility index (Phi) is 7.08. The van der Waals surface area contributed by atoms with E-state index in [1.54, 1.807) is 12.1 Å². The van der Waals surface area contributed by atoms with Gasteiger partial charge in [-0.05, 0) is 49.2 Å². The van der Waals surface area contributed by atoms with Crippen LogP contribution in [0.3, 0.4) is 0 Å². The molecule has 0 atom stereocenters. The van der Waals surface area contributed by atoms with Crippen LogP contribution in [0.2, 0.25) is 0 Å². The van der Waals surface area contributed by atoms with E-state index < -0.39 is 11.9 Å². The van der Waals surface area contributed by atoms with Crippen molar-refractivity contribution in [2.75, 3.05) is 6.54 Å². The van der Waals surface area contributed by atoms with Crippen LogP contribution in [0.1, 0.15) is 16.8 Å². The molecule has 0 aliphatic heterocycles. The first-order valence-electron chi connectivity index (χ1n) is 8.36. The summed E-state index contributed by atoms with van der Waals surface area (Å²) < 4.78 is 13.1. The monoisotopic (exact) mass is 372 g/mol. The van der Waals surface area contributed by atoms with Crippen LogP contribution in [0.4, 0.5) is 4.39 Å². The summed E-state index contributed by atoms with van der Waals surface area (Å²) in [4.78, 5) is 21.6. The van der Waals surface area contributed by atoms with Gasteiger partial charge in [0.05, 0.1) is 0 Å². The van der Waals surface area contributed by atoms with Gasteiger partial charge in [0.25, 0.3) is 0 Å². The number of aryl methyl sites for hydroxylation is 1. The molecular formula is C20H21FN2O4. The summed E-state index contributed by atoms with van der Waals surface area (Å²) in [5, 5.41) is 19.5. The van der Waals surface area contributed by atoms with Crippen LogP contribution < -0.4 is 5.32 Å². The maximum atomic E-state index is 13.1. The molecule has 0 unspecified atom stereocenters. The van der Waals surface area contributed by atoms with Crippen molar-refractivity contribution in [2.45, 2.75) is 19.9 Å². The zero-order valence-electron chi connectivity index (χ0n) is 14.8. The molecule has 6 nitrogen and oxygen atoms in total. The summed E-state index contributed by atoms with van der Waals surface area (Å²) >= 11 is 0. The van der Waals surface area contributed by atoms with Crippen molar-refractivity contribution in [3.63, 3.8) is 0 Å². The van der Waals surface area contributed by atoms with E-state index >= 15 is 0 Å². The van der Waals surface area contributed by atoms with Crippen molar-refractivity contribution in [1.82, 2.24) is 10.3 Å². The molecule has 27 heavy (non-hydrogen) atoms. The quantitative estimate of drug-likeness (QED) is 0.407. The molecule has 0 bridgehead atoms. The molecule has 0 fully saturated rings. The molecule has 0 saturated carbocycles. The minimum Gasteiger partial charge on any atom is -0.473 e. The van der Waals surface area contributed by atoms with E-state index in [9.17, 15) is 4.39 Å². The number of carboxylic acids is 2. The Balaban J connectivity index is 0.000000380. The Morgan fingerprint density at radius 1 is 1.07 bits per heavy atom. The summed E-state index contributed by atoms with van der Waals surface area (Å²) in [5.41, 5.74) is 4.75. The molecule has 0 radical (unpaired) electrons. The molecule has 7 heteroatoms. The van der Waals surface area contributed by atoms with Gasteiger partial charge in [0, 0.05) is 23.1 Å². The van der Waals surface area contributed by atoms with Crippen molar-refractivity contribution in [3.8, 4) is 0 Å². The van der Waals surface area contributed by atoms with E-state index in [-0.39, 0.29) is 5.82 Å². The fourth-order valence-electron chi connectivity index (χ4n) is 2.75. The number of carbonyl (C=O) groups is 2. The van der Waals surface area contributed by atoms with Gasteiger partial charge in [-0.2, -0.15) is 0 Å². The number of H-pyrrole nitrogens is 1. The topological polar surface area (TPSA) is 102 Å². The molecule has 0 amide bonds. The standard InChI is InChI=1S/C18H19FN2.C2H2O4/c1-13-16(17-7-2-3-8-18(17)21-13)9-10-20-12-14-5-4-6-15(19)11-14;3-1(4)2(5)6/h2-8,11,20-21H,9-10,12H2,1H3;(H,3,4)(H,5,6). The number of fused-ring (bicyclic) bond motifs is 1. The smallest absolute Gasteiger partial charge is 0.414 e. The second-order valence-electron chi connectivity index (χ2n) is 5.94. The highest BCUT2D eigenvalue weighted by Crippen LogP contribution is 2.21. The van der Waals surface area contributed by atoms with Crippen LogP contribution in [-0.4, -0.2) is 33.7 Å². The van der Waals surface area contributed by atoms with E-state index in [1.165, 1.54) is 28.2 Å². The highest BCUT2D eigenvalue weighted by atomic mass is 19.1. The molecule has 1 heterocycles. The number of rotatable bonds is 5. The third kappa shape index (κ3) is 5.93. The van der Waals surface area contributed by atoms with Crippen LogP contribution in [0, 0.1) is 12.7 Å². The van der Waals surface area contributed by atoms with Crippen LogP contribution in [0.25, 0.3) is 10.9 Å². The van der Waals surface area contributed by atoms with Crippen molar-refractivity contribution < 1.29 is 24.2 Å².